The van der Waals surface area contributed by atoms with Gasteiger partial charge in [-0.1, -0.05) is 49.7 Å². The van der Waals surface area contributed by atoms with Gasteiger partial charge in [0.2, 0.25) is 0 Å². The van der Waals surface area contributed by atoms with Crippen LogP contribution in [-0.2, 0) is 5.54 Å². The average Bonchev–Trinajstić information content (AvgIpc) is 2.39. The van der Waals surface area contributed by atoms with Crippen LogP contribution in [0.3, 0.4) is 0 Å². The predicted molar refractivity (Wildman–Crippen MR) is 72.7 cm³/mol. The molecule has 0 heterocycles. The van der Waals surface area contributed by atoms with E-state index >= 15 is 0 Å². The van der Waals surface area contributed by atoms with Crippen LogP contribution in [0.25, 0.3) is 0 Å². The van der Waals surface area contributed by atoms with E-state index in [1.165, 1.54) is 12.1 Å². The zero-order valence-corrected chi connectivity index (χ0v) is 10.9. The summed E-state index contributed by atoms with van der Waals surface area (Å²) in [5.41, 5.74) is 6.69. The molecule has 2 N–H and O–H groups in total. The molecule has 3 heteroatoms. The largest absolute Gasteiger partial charge is 0.318 e. The van der Waals surface area contributed by atoms with Crippen molar-refractivity contribution in [1.82, 2.24) is 0 Å². The molecule has 0 bridgehead atoms. The average molecular weight is 261 g/mol. The Balaban J connectivity index is 2.56. The molecule has 0 aliphatic heterocycles. The second-order valence-corrected chi connectivity index (χ2v) is 4.71. The van der Waals surface area contributed by atoms with Crippen molar-refractivity contribution in [3.05, 3.63) is 71.3 Å². The summed E-state index contributed by atoms with van der Waals surface area (Å²) in [6.07, 6.45) is 1.40. The molecule has 0 spiro atoms. The minimum Gasteiger partial charge on any atom is -0.318 e. The molecular formula is C16H17F2N. The second kappa shape index (κ2) is 5.49. The highest BCUT2D eigenvalue weighted by atomic mass is 19.1. The lowest BCUT2D eigenvalue weighted by Gasteiger charge is -2.31. The quantitative estimate of drug-likeness (QED) is 0.885. The van der Waals surface area contributed by atoms with E-state index in [1.807, 2.05) is 37.3 Å². The zero-order valence-electron chi connectivity index (χ0n) is 10.9. The highest BCUT2D eigenvalue weighted by molar-refractivity contribution is 5.38. The third kappa shape index (κ3) is 2.66. The van der Waals surface area contributed by atoms with Crippen LogP contribution in [0.5, 0.6) is 0 Å². The Morgan fingerprint density at radius 1 is 1.05 bits per heavy atom. The fourth-order valence-corrected chi connectivity index (χ4v) is 2.42. The van der Waals surface area contributed by atoms with Gasteiger partial charge in [-0.3, -0.25) is 0 Å². The molecule has 0 aliphatic carbocycles. The monoisotopic (exact) mass is 261 g/mol. The van der Waals surface area contributed by atoms with Crippen LogP contribution in [0.15, 0.2) is 48.5 Å². The van der Waals surface area contributed by atoms with Gasteiger partial charge in [0.1, 0.15) is 11.6 Å². The van der Waals surface area contributed by atoms with Crippen molar-refractivity contribution in [2.45, 2.75) is 25.3 Å². The van der Waals surface area contributed by atoms with Crippen LogP contribution >= 0.6 is 0 Å². The fraction of sp³-hybridized carbons (Fsp3) is 0.250. The minimum absolute atomic E-state index is 0.335. The number of rotatable bonds is 4. The van der Waals surface area contributed by atoms with E-state index in [4.69, 9.17) is 5.73 Å². The standard InChI is InChI=1S/C16H17F2N/c1-2-10-16(19,12-6-4-3-5-7-12)14-9-8-13(17)11-15(14)18/h3-9,11H,2,10,19H2,1H3. The maximum Gasteiger partial charge on any atom is 0.131 e. The van der Waals surface area contributed by atoms with Gasteiger partial charge in [0.05, 0.1) is 5.54 Å². The van der Waals surface area contributed by atoms with Crippen molar-refractivity contribution in [3.63, 3.8) is 0 Å². The number of hydrogen-bond donors (Lipinski definition) is 1. The fourth-order valence-electron chi connectivity index (χ4n) is 2.42. The van der Waals surface area contributed by atoms with Gasteiger partial charge in [0.25, 0.3) is 0 Å². The Labute approximate surface area is 112 Å². The summed E-state index contributed by atoms with van der Waals surface area (Å²) >= 11 is 0. The Morgan fingerprint density at radius 3 is 2.32 bits per heavy atom. The summed E-state index contributed by atoms with van der Waals surface area (Å²) in [5.74, 6) is -1.19. The Bertz CT molecular complexity index is 554. The number of benzene rings is 2. The molecule has 0 amide bonds. The third-order valence-corrected chi connectivity index (χ3v) is 3.35. The Morgan fingerprint density at radius 2 is 1.74 bits per heavy atom. The summed E-state index contributed by atoms with van der Waals surface area (Å²) in [5, 5.41) is 0. The SMILES string of the molecule is CCCC(N)(c1ccccc1)c1ccc(F)cc1F. The molecule has 2 aromatic rings. The summed E-state index contributed by atoms with van der Waals surface area (Å²) in [6, 6.07) is 12.9. The van der Waals surface area contributed by atoms with E-state index in [-0.39, 0.29) is 0 Å². The normalized spacial score (nSPS) is 14.1. The van der Waals surface area contributed by atoms with Crippen molar-refractivity contribution < 1.29 is 8.78 Å². The number of nitrogens with two attached hydrogens (primary N) is 1. The molecule has 1 nitrogen and oxygen atoms in total. The van der Waals surface area contributed by atoms with E-state index in [0.29, 0.717) is 12.0 Å². The smallest absolute Gasteiger partial charge is 0.131 e. The lowest BCUT2D eigenvalue weighted by atomic mass is 9.80. The topological polar surface area (TPSA) is 26.0 Å². The molecule has 0 aliphatic rings. The van der Waals surface area contributed by atoms with Gasteiger partial charge >= 0.3 is 0 Å². The highest BCUT2D eigenvalue weighted by Gasteiger charge is 2.31. The molecule has 1 unspecified atom stereocenters. The van der Waals surface area contributed by atoms with Gasteiger partial charge in [0.15, 0.2) is 0 Å². The Kier molecular flexibility index (Phi) is 3.96. The van der Waals surface area contributed by atoms with Gasteiger partial charge < -0.3 is 5.73 Å². The molecule has 2 rings (SSSR count). The molecule has 0 saturated carbocycles. The molecule has 19 heavy (non-hydrogen) atoms. The van der Waals surface area contributed by atoms with E-state index in [1.54, 1.807) is 0 Å². The van der Waals surface area contributed by atoms with Crippen LogP contribution in [0.2, 0.25) is 0 Å². The van der Waals surface area contributed by atoms with Crippen LogP contribution in [0, 0.1) is 11.6 Å². The van der Waals surface area contributed by atoms with Crippen LogP contribution in [0.1, 0.15) is 30.9 Å². The molecule has 2 aromatic carbocycles. The third-order valence-electron chi connectivity index (χ3n) is 3.35. The lowest BCUT2D eigenvalue weighted by molar-refractivity contribution is 0.451. The van der Waals surface area contributed by atoms with Crippen LogP contribution in [0.4, 0.5) is 8.78 Å². The molecule has 0 saturated heterocycles. The summed E-state index contributed by atoms with van der Waals surface area (Å²) in [4.78, 5) is 0. The minimum atomic E-state index is -0.923. The van der Waals surface area contributed by atoms with Crippen molar-refractivity contribution in [3.8, 4) is 0 Å². The maximum absolute atomic E-state index is 14.0. The van der Waals surface area contributed by atoms with Gasteiger partial charge in [0, 0.05) is 11.6 Å². The molecule has 0 radical (unpaired) electrons. The van der Waals surface area contributed by atoms with Crippen LogP contribution in [-0.4, -0.2) is 0 Å². The van der Waals surface area contributed by atoms with Gasteiger partial charge in [-0.25, -0.2) is 8.78 Å². The summed E-state index contributed by atoms with van der Waals surface area (Å²) in [7, 11) is 0. The second-order valence-electron chi connectivity index (χ2n) is 4.71. The molecule has 100 valence electrons. The molecule has 0 aromatic heterocycles. The molecule has 0 fully saturated rings. The van der Waals surface area contributed by atoms with E-state index in [9.17, 15) is 8.78 Å². The first-order chi connectivity index (χ1) is 9.08. The first-order valence-electron chi connectivity index (χ1n) is 6.38. The van der Waals surface area contributed by atoms with E-state index in [0.717, 1.165) is 18.1 Å². The summed E-state index contributed by atoms with van der Waals surface area (Å²) < 4.78 is 27.1. The highest BCUT2D eigenvalue weighted by Crippen LogP contribution is 2.33. The Hall–Kier alpha value is -1.74. The van der Waals surface area contributed by atoms with Gasteiger partial charge in [-0.2, -0.15) is 0 Å². The van der Waals surface area contributed by atoms with Crippen molar-refractivity contribution >= 4 is 0 Å². The molecule has 1 atom stereocenters. The van der Waals surface area contributed by atoms with Gasteiger partial charge in [-0.05, 0) is 18.1 Å². The van der Waals surface area contributed by atoms with Gasteiger partial charge in [-0.15, -0.1) is 0 Å². The zero-order chi connectivity index (χ0) is 13.9. The van der Waals surface area contributed by atoms with Crippen LogP contribution < -0.4 is 5.73 Å². The van der Waals surface area contributed by atoms with E-state index < -0.39 is 17.2 Å². The van der Waals surface area contributed by atoms with E-state index in [2.05, 4.69) is 0 Å². The number of hydrogen-bond acceptors (Lipinski definition) is 1. The predicted octanol–water partition coefficient (Wildman–Crippen LogP) is 3.97. The van der Waals surface area contributed by atoms with Crippen molar-refractivity contribution in [2.75, 3.05) is 0 Å². The first-order valence-corrected chi connectivity index (χ1v) is 6.38. The lowest BCUT2D eigenvalue weighted by Crippen LogP contribution is -2.38. The van der Waals surface area contributed by atoms with Crippen molar-refractivity contribution in [1.29, 1.82) is 0 Å². The summed E-state index contributed by atoms with van der Waals surface area (Å²) in [6.45, 7) is 1.99. The number of halogens is 2. The maximum atomic E-state index is 14.0. The molecular weight excluding hydrogens is 244 g/mol. The first kappa shape index (κ1) is 13.7. The van der Waals surface area contributed by atoms with Crippen molar-refractivity contribution in [2.24, 2.45) is 5.73 Å².